The van der Waals surface area contributed by atoms with Crippen LogP contribution < -0.4 is 5.32 Å². The smallest absolute Gasteiger partial charge is 0.337 e. The fourth-order valence-electron chi connectivity index (χ4n) is 3.26. The monoisotopic (exact) mass is 441 g/mol. The van der Waals surface area contributed by atoms with Crippen LogP contribution in [-0.4, -0.2) is 90.5 Å². The van der Waals surface area contributed by atoms with E-state index in [1.807, 2.05) is 4.90 Å². The van der Waals surface area contributed by atoms with Gasteiger partial charge < -0.3 is 19.7 Å². The van der Waals surface area contributed by atoms with Gasteiger partial charge in [0.25, 0.3) is 5.91 Å². The Bertz CT molecular complexity index is 971. The average molecular weight is 441 g/mol. The lowest BCUT2D eigenvalue weighted by atomic mass is 10.1. The minimum Gasteiger partial charge on any atom is -0.465 e. The van der Waals surface area contributed by atoms with E-state index in [1.165, 1.54) is 51.0 Å². The van der Waals surface area contributed by atoms with Gasteiger partial charge in [0.05, 0.1) is 38.1 Å². The number of methoxy groups -OCH3 is 2. The van der Waals surface area contributed by atoms with E-state index in [9.17, 15) is 19.2 Å². The molecular formula is C21H23N5O6. The fourth-order valence-corrected chi connectivity index (χ4v) is 3.26. The van der Waals surface area contributed by atoms with Crippen molar-refractivity contribution in [3.63, 3.8) is 0 Å². The standard InChI is InChI=1S/C21H23N5O6/c1-31-20(29)14-9-15(21(30)32-2)11-16(10-14)24-18(27)13-25-5-7-26(8-6-25)19(28)17-12-22-3-4-23-17/h3-4,9-12H,5-8,13H2,1-2H3,(H,24,27). The highest BCUT2D eigenvalue weighted by Crippen LogP contribution is 2.17. The number of rotatable bonds is 6. The first-order valence-corrected chi connectivity index (χ1v) is 9.80. The molecule has 2 aromatic rings. The summed E-state index contributed by atoms with van der Waals surface area (Å²) in [6, 6.07) is 4.18. The maximum Gasteiger partial charge on any atom is 0.337 e. The van der Waals surface area contributed by atoms with Gasteiger partial charge in [0.15, 0.2) is 0 Å². The molecule has 0 spiro atoms. The van der Waals surface area contributed by atoms with Crippen LogP contribution in [0.5, 0.6) is 0 Å². The number of nitrogens with zero attached hydrogens (tertiary/aromatic N) is 4. The van der Waals surface area contributed by atoms with Gasteiger partial charge in [0, 0.05) is 44.3 Å². The van der Waals surface area contributed by atoms with Crippen molar-refractivity contribution in [3.8, 4) is 0 Å². The Morgan fingerprint density at radius 2 is 1.56 bits per heavy atom. The number of nitrogens with one attached hydrogen (secondary N) is 1. The van der Waals surface area contributed by atoms with Crippen LogP contribution in [-0.2, 0) is 14.3 Å². The summed E-state index contributed by atoms with van der Waals surface area (Å²) in [4.78, 5) is 60.2. The number of amides is 2. The first kappa shape index (κ1) is 22.8. The molecule has 11 heteroatoms. The predicted molar refractivity (Wildman–Crippen MR) is 112 cm³/mol. The number of benzene rings is 1. The van der Waals surface area contributed by atoms with Crippen LogP contribution in [0.3, 0.4) is 0 Å². The van der Waals surface area contributed by atoms with Gasteiger partial charge in [0.1, 0.15) is 5.69 Å². The highest BCUT2D eigenvalue weighted by Gasteiger charge is 2.24. The van der Waals surface area contributed by atoms with Crippen molar-refractivity contribution in [1.29, 1.82) is 0 Å². The molecule has 1 aliphatic heterocycles. The third kappa shape index (κ3) is 5.64. The fraction of sp³-hybridized carbons (Fsp3) is 0.333. The Balaban J connectivity index is 1.58. The first-order chi connectivity index (χ1) is 15.4. The second-order valence-electron chi connectivity index (χ2n) is 6.99. The van der Waals surface area contributed by atoms with E-state index >= 15 is 0 Å². The van der Waals surface area contributed by atoms with Crippen LogP contribution in [0.25, 0.3) is 0 Å². The van der Waals surface area contributed by atoms with Crippen LogP contribution in [0, 0.1) is 0 Å². The van der Waals surface area contributed by atoms with Gasteiger partial charge in [-0.15, -0.1) is 0 Å². The van der Waals surface area contributed by atoms with Crippen molar-refractivity contribution in [3.05, 3.63) is 53.6 Å². The predicted octanol–water partition coefficient (Wildman–Crippen LogP) is 0.446. The van der Waals surface area contributed by atoms with E-state index in [4.69, 9.17) is 9.47 Å². The van der Waals surface area contributed by atoms with E-state index in [0.29, 0.717) is 26.2 Å². The molecule has 1 saturated heterocycles. The molecule has 11 nitrogen and oxygen atoms in total. The zero-order chi connectivity index (χ0) is 23.1. The van der Waals surface area contributed by atoms with E-state index in [0.717, 1.165) is 0 Å². The summed E-state index contributed by atoms with van der Waals surface area (Å²) >= 11 is 0. The molecule has 0 unspecified atom stereocenters. The Morgan fingerprint density at radius 1 is 0.938 bits per heavy atom. The molecule has 1 aromatic carbocycles. The quantitative estimate of drug-likeness (QED) is 0.635. The van der Waals surface area contributed by atoms with Crippen LogP contribution in [0.4, 0.5) is 5.69 Å². The molecule has 0 radical (unpaired) electrons. The van der Waals surface area contributed by atoms with Gasteiger partial charge in [-0.05, 0) is 18.2 Å². The maximum atomic E-state index is 12.5. The van der Waals surface area contributed by atoms with Crippen molar-refractivity contribution in [2.45, 2.75) is 0 Å². The summed E-state index contributed by atoms with van der Waals surface area (Å²) in [5.41, 5.74) is 0.782. The summed E-state index contributed by atoms with van der Waals surface area (Å²) in [6.07, 6.45) is 4.39. The second-order valence-corrected chi connectivity index (χ2v) is 6.99. The maximum absolute atomic E-state index is 12.5. The molecule has 1 N–H and O–H groups in total. The molecule has 0 atom stereocenters. The number of esters is 2. The van der Waals surface area contributed by atoms with Crippen molar-refractivity contribution in [2.24, 2.45) is 0 Å². The number of hydrogen-bond donors (Lipinski definition) is 1. The third-order valence-electron chi connectivity index (χ3n) is 4.87. The second kappa shape index (κ2) is 10.4. The molecule has 0 bridgehead atoms. The normalized spacial score (nSPS) is 13.9. The lowest BCUT2D eigenvalue weighted by molar-refractivity contribution is -0.117. The molecule has 3 rings (SSSR count). The Morgan fingerprint density at radius 3 is 2.09 bits per heavy atom. The highest BCUT2D eigenvalue weighted by atomic mass is 16.5. The Labute approximate surface area is 184 Å². The number of ether oxygens (including phenoxy) is 2. The summed E-state index contributed by atoms with van der Waals surface area (Å²) in [5, 5.41) is 2.69. The summed E-state index contributed by atoms with van der Waals surface area (Å²) < 4.78 is 9.39. The number of piperazine rings is 1. The molecule has 1 fully saturated rings. The molecular weight excluding hydrogens is 418 g/mol. The van der Waals surface area contributed by atoms with Gasteiger partial charge in [-0.3, -0.25) is 19.5 Å². The Hall–Kier alpha value is -3.86. The molecule has 168 valence electrons. The lowest BCUT2D eigenvalue weighted by Crippen LogP contribution is -2.50. The molecule has 1 aliphatic rings. The van der Waals surface area contributed by atoms with Crippen molar-refractivity contribution in [1.82, 2.24) is 19.8 Å². The molecule has 32 heavy (non-hydrogen) atoms. The molecule has 1 aromatic heterocycles. The number of aromatic nitrogens is 2. The van der Waals surface area contributed by atoms with Gasteiger partial charge in [-0.2, -0.15) is 0 Å². The first-order valence-electron chi connectivity index (χ1n) is 9.80. The topological polar surface area (TPSA) is 131 Å². The largest absolute Gasteiger partial charge is 0.465 e. The van der Waals surface area contributed by atoms with E-state index in [-0.39, 0.29) is 40.9 Å². The van der Waals surface area contributed by atoms with E-state index in [1.54, 1.807) is 4.90 Å². The number of carbonyl (C=O) groups excluding carboxylic acids is 4. The van der Waals surface area contributed by atoms with Crippen molar-refractivity contribution < 1.29 is 28.7 Å². The van der Waals surface area contributed by atoms with Crippen LogP contribution in [0.2, 0.25) is 0 Å². The van der Waals surface area contributed by atoms with Crippen molar-refractivity contribution in [2.75, 3.05) is 52.3 Å². The average Bonchev–Trinajstić information content (AvgIpc) is 2.83. The molecule has 0 aliphatic carbocycles. The minimum absolute atomic E-state index is 0.0865. The SMILES string of the molecule is COC(=O)c1cc(NC(=O)CN2CCN(C(=O)c3cnccn3)CC2)cc(C(=O)OC)c1. The molecule has 2 heterocycles. The minimum atomic E-state index is -0.643. The summed E-state index contributed by atoms with van der Waals surface area (Å²) in [6.45, 7) is 2.01. The van der Waals surface area contributed by atoms with Crippen molar-refractivity contribution >= 4 is 29.4 Å². The van der Waals surface area contributed by atoms with Crippen LogP contribution >= 0.6 is 0 Å². The highest BCUT2D eigenvalue weighted by molar-refractivity contribution is 5.99. The number of hydrogen-bond acceptors (Lipinski definition) is 9. The zero-order valence-electron chi connectivity index (χ0n) is 17.7. The number of anilines is 1. The zero-order valence-corrected chi connectivity index (χ0v) is 17.7. The summed E-state index contributed by atoms with van der Waals surface area (Å²) in [5.74, 6) is -1.81. The van der Waals surface area contributed by atoms with E-state index in [2.05, 4.69) is 15.3 Å². The van der Waals surface area contributed by atoms with Gasteiger partial charge >= 0.3 is 11.9 Å². The lowest BCUT2D eigenvalue weighted by Gasteiger charge is -2.34. The van der Waals surface area contributed by atoms with Gasteiger partial charge in [-0.25, -0.2) is 14.6 Å². The molecule has 0 saturated carbocycles. The van der Waals surface area contributed by atoms with E-state index < -0.39 is 11.9 Å². The van der Waals surface area contributed by atoms with Gasteiger partial charge in [0.2, 0.25) is 5.91 Å². The number of carbonyl (C=O) groups is 4. The van der Waals surface area contributed by atoms with Gasteiger partial charge in [-0.1, -0.05) is 0 Å². The third-order valence-corrected chi connectivity index (χ3v) is 4.87. The van der Waals surface area contributed by atoms with Crippen LogP contribution in [0.1, 0.15) is 31.2 Å². The molecule has 2 amide bonds. The summed E-state index contributed by atoms with van der Waals surface area (Å²) in [7, 11) is 2.44. The van der Waals surface area contributed by atoms with Crippen LogP contribution in [0.15, 0.2) is 36.8 Å². The Kier molecular flexibility index (Phi) is 7.45.